The van der Waals surface area contributed by atoms with Gasteiger partial charge in [0.25, 0.3) is 0 Å². The lowest BCUT2D eigenvalue weighted by atomic mass is 10.2. The molecule has 16 heavy (non-hydrogen) atoms. The summed E-state index contributed by atoms with van der Waals surface area (Å²) < 4.78 is 22.1. The maximum Gasteiger partial charge on any atom is 0.338 e. The van der Waals surface area contributed by atoms with Gasteiger partial charge in [0, 0.05) is 6.42 Å². The lowest BCUT2D eigenvalue weighted by Gasteiger charge is -2.15. The van der Waals surface area contributed by atoms with Crippen LogP contribution in [-0.2, 0) is 18.4 Å². The Morgan fingerprint density at radius 2 is 1.62 bits per heavy atom. The van der Waals surface area contributed by atoms with E-state index < -0.39 is 7.60 Å². The van der Waals surface area contributed by atoms with Crippen LogP contribution in [0.15, 0.2) is 0 Å². The first kappa shape index (κ1) is 15.8. The van der Waals surface area contributed by atoms with Crippen molar-refractivity contribution in [3.8, 4) is 0 Å². The van der Waals surface area contributed by atoms with Crippen LogP contribution in [-0.4, -0.2) is 25.2 Å². The van der Waals surface area contributed by atoms with Crippen LogP contribution in [0.5, 0.6) is 0 Å². The van der Waals surface area contributed by atoms with E-state index in [1.165, 1.54) is 0 Å². The highest BCUT2D eigenvalue weighted by Crippen LogP contribution is 2.48. The van der Waals surface area contributed by atoms with Gasteiger partial charge in [0.15, 0.2) is 0 Å². The molecule has 0 N–H and O–H groups in total. The van der Waals surface area contributed by atoms with Gasteiger partial charge in [0.05, 0.1) is 13.2 Å². The van der Waals surface area contributed by atoms with Gasteiger partial charge in [-0.15, -0.1) is 0 Å². The molecule has 0 aliphatic carbocycles. The van der Waals surface area contributed by atoms with Gasteiger partial charge in [-0.05, 0) is 20.3 Å². The quantitative estimate of drug-likeness (QED) is 0.440. The van der Waals surface area contributed by atoms with Crippen molar-refractivity contribution in [1.82, 2.24) is 0 Å². The van der Waals surface area contributed by atoms with Gasteiger partial charge in [-0.3, -0.25) is 9.36 Å². The number of ketones is 1. The molecule has 0 rings (SSSR count). The van der Waals surface area contributed by atoms with E-state index in [2.05, 4.69) is 6.92 Å². The van der Waals surface area contributed by atoms with Crippen LogP contribution in [0.1, 0.15) is 46.5 Å². The Labute approximate surface area is 98.2 Å². The SMILES string of the molecule is CCCCCC(=O)CP(=O)(OCC)OCC. The van der Waals surface area contributed by atoms with E-state index in [9.17, 15) is 9.36 Å². The second-order valence-electron chi connectivity index (χ2n) is 3.60. The number of carbonyl (C=O) groups excluding carboxylic acids is 1. The molecule has 0 bridgehead atoms. The number of hydrogen-bond donors (Lipinski definition) is 0. The molecule has 0 atom stereocenters. The van der Waals surface area contributed by atoms with E-state index in [0.717, 1.165) is 19.3 Å². The van der Waals surface area contributed by atoms with E-state index in [-0.39, 0.29) is 11.9 Å². The fraction of sp³-hybridized carbons (Fsp3) is 0.909. The molecule has 0 aliphatic heterocycles. The second-order valence-corrected chi connectivity index (χ2v) is 5.65. The van der Waals surface area contributed by atoms with Crippen LogP contribution < -0.4 is 0 Å². The Morgan fingerprint density at radius 3 is 2.06 bits per heavy atom. The molecule has 0 saturated heterocycles. The smallest absolute Gasteiger partial charge is 0.309 e. The normalized spacial score (nSPS) is 11.7. The summed E-state index contributed by atoms with van der Waals surface area (Å²) in [5.41, 5.74) is 0. The first-order valence-electron chi connectivity index (χ1n) is 5.97. The highest BCUT2D eigenvalue weighted by Gasteiger charge is 2.26. The van der Waals surface area contributed by atoms with Crippen molar-refractivity contribution in [2.45, 2.75) is 46.5 Å². The Bertz CT molecular complexity index is 230. The molecular weight excluding hydrogens is 227 g/mol. The van der Waals surface area contributed by atoms with Gasteiger partial charge in [-0.1, -0.05) is 19.8 Å². The molecule has 0 amide bonds. The molecule has 0 unspecified atom stereocenters. The summed E-state index contributed by atoms with van der Waals surface area (Å²) in [5, 5.41) is 0. The topological polar surface area (TPSA) is 52.6 Å². The molecule has 0 spiro atoms. The zero-order valence-electron chi connectivity index (χ0n) is 10.5. The summed E-state index contributed by atoms with van der Waals surface area (Å²) in [4.78, 5) is 11.6. The highest BCUT2D eigenvalue weighted by atomic mass is 31.2. The standard InChI is InChI=1S/C11H23O4P/c1-4-7-8-9-11(12)10-16(13,14-5-2)15-6-3/h4-10H2,1-3H3. The first-order valence-corrected chi connectivity index (χ1v) is 7.70. The summed E-state index contributed by atoms with van der Waals surface area (Å²) >= 11 is 0. The van der Waals surface area contributed by atoms with E-state index in [1.807, 2.05) is 0 Å². The largest absolute Gasteiger partial charge is 0.338 e. The van der Waals surface area contributed by atoms with Crippen LogP contribution in [0.3, 0.4) is 0 Å². The van der Waals surface area contributed by atoms with Crippen molar-refractivity contribution >= 4 is 13.4 Å². The maximum absolute atomic E-state index is 12.0. The lowest BCUT2D eigenvalue weighted by Crippen LogP contribution is -2.09. The number of unbranched alkanes of at least 4 members (excludes halogenated alkanes) is 2. The number of hydrogen-bond acceptors (Lipinski definition) is 4. The van der Waals surface area contributed by atoms with Gasteiger partial charge in [0.2, 0.25) is 0 Å². The van der Waals surface area contributed by atoms with Gasteiger partial charge in [-0.2, -0.15) is 0 Å². The van der Waals surface area contributed by atoms with Crippen molar-refractivity contribution in [2.75, 3.05) is 19.4 Å². The first-order chi connectivity index (χ1) is 7.58. The Balaban J connectivity index is 4.07. The number of Topliss-reactive ketones (excluding diaryl/α,β-unsaturated/α-hetero) is 1. The molecule has 96 valence electrons. The zero-order valence-corrected chi connectivity index (χ0v) is 11.4. The molecule has 0 radical (unpaired) electrons. The summed E-state index contributed by atoms with van der Waals surface area (Å²) in [6, 6.07) is 0. The molecular formula is C11H23O4P. The fourth-order valence-corrected chi connectivity index (χ4v) is 3.02. The molecule has 0 aromatic carbocycles. The number of rotatable bonds is 10. The van der Waals surface area contributed by atoms with Crippen LogP contribution in [0.2, 0.25) is 0 Å². The molecule has 0 aromatic heterocycles. The van der Waals surface area contributed by atoms with Crippen LogP contribution in [0.4, 0.5) is 0 Å². The minimum Gasteiger partial charge on any atom is -0.309 e. The van der Waals surface area contributed by atoms with Crippen LogP contribution in [0.25, 0.3) is 0 Å². The van der Waals surface area contributed by atoms with Gasteiger partial charge < -0.3 is 9.05 Å². The van der Waals surface area contributed by atoms with Crippen molar-refractivity contribution in [2.24, 2.45) is 0 Å². The van der Waals surface area contributed by atoms with Crippen LogP contribution in [0, 0.1) is 0 Å². The third-order valence-electron chi connectivity index (χ3n) is 2.08. The van der Waals surface area contributed by atoms with Crippen molar-refractivity contribution < 1.29 is 18.4 Å². The van der Waals surface area contributed by atoms with Crippen LogP contribution >= 0.6 is 7.60 Å². The third kappa shape index (κ3) is 7.15. The molecule has 0 fully saturated rings. The summed E-state index contributed by atoms with van der Waals surface area (Å²) in [5.74, 6) is -0.0290. The Kier molecular flexibility index (Phi) is 8.81. The van der Waals surface area contributed by atoms with E-state index >= 15 is 0 Å². The zero-order chi connectivity index (χ0) is 12.4. The van der Waals surface area contributed by atoms with E-state index in [1.54, 1.807) is 13.8 Å². The van der Waals surface area contributed by atoms with Gasteiger partial charge >= 0.3 is 7.60 Å². The predicted molar refractivity (Wildman–Crippen MR) is 64.9 cm³/mol. The maximum atomic E-state index is 12.0. The third-order valence-corrected chi connectivity index (χ3v) is 4.12. The summed E-state index contributed by atoms with van der Waals surface area (Å²) in [7, 11) is -3.17. The average Bonchev–Trinajstić information content (AvgIpc) is 2.18. The molecule has 4 nitrogen and oxygen atoms in total. The summed E-state index contributed by atoms with van der Waals surface area (Å²) in [6.07, 6.45) is 3.34. The minimum absolute atomic E-state index is 0.0290. The molecule has 0 aromatic rings. The average molecular weight is 250 g/mol. The second kappa shape index (κ2) is 8.91. The lowest BCUT2D eigenvalue weighted by molar-refractivity contribution is -0.117. The molecule has 0 aliphatic rings. The van der Waals surface area contributed by atoms with Crippen molar-refractivity contribution in [3.05, 3.63) is 0 Å². The molecule has 0 heterocycles. The van der Waals surface area contributed by atoms with Crippen molar-refractivity contribution in [3.63, 3.8) is 0 Å². The predicted octanol–water partition coefficient (Wildman–Crippen LogP) is 3.40. The molecule has 5 heteroatoms. The van der Waals surface area contributed by atoms with E-state index in [4.69, 9.17) is 9.05 Å². The summed E-state index contributed by atoms with van der Waals surface area (Å²) in [6.45, 7) is 6.18. The Morgan fingerprint density at radius 1 is 1.06 bits per heavy atom. The Hall–Kier alpha value is -0.180. The highest BCUT2D eigenvalue weighted by molar-refractivity contribution is 7.54. The number of carbonyl (C=O) groups is 1. The van der Waals surface area contributed by atoms with Crippen molar-refractivity contribution in [1.29, 1.82) is 0 Å². The molecule has 0 saturated carbocycles. The van der Waals surface area contributed by atoms with Gasteiger partial charge in [0.1, 0.15) is 11.9 Å². The minimum atomic E-state index is -3.17. The van der Waals surface area contributed by atoms with Gasteiger partial charge in [-0.25, -0.2) is 0 Å². The van der Waals surface area contributed by atoms with E-state index in [0.29, 0.717) is 19.6 Å². The monoisotopic (exact) mass is 250 g/mol. The fourth-order valence-electron chi connectivity index (χ4n) is 1.39.